The molecule has 0 aliphatic rings. The molecule has 5 heteroatoms. The van der Waals surface area contributed by atoms with Crippen molar-refractivity contribution in [2.24, 2.45) is 0 Å². The van der Waals surface area contributed by atoms with E-state index in [1.54, 1.807) is 18.3 Å². The maximum Gasteiger partial charge on any atom is 0.211 e. The molecule has 1 aromatic heterocycles. The van der Waals surface area contributed by atoms with Crippen LogP contribution in [0.4, 0.5) is 8.78 Å². The summed E-state index contributed by atoms with van der Waals surface area (Å²) in [7, 11) is 0. The van der Waals surface area contributed by atoms with Crippen LogP contribution < -0.4 is 0 Å². The van der Waals surface area contributed by atoms with Crippen molar-refractivity contribution >= 4 is 21.7 Å². The molecular formula is C15H8BrF2NO. The van der Waals surface area contributed by atoms with Gasteiger partial charge in [-0.25, -0.2) is 8.78 Å². The summed E-state index contributed by atoms with van der Waals surface area (Å²) >= 11 is 3.23. The van der Waals surface area contributed by atoms with Gasteiger partial charge in [0, 0.05) is 16.4 Å². The molecule has 0 bridgehead atoms. The van der Waals surface area contributed by atoms with Gasteiger partial charge in [-0.3, -0.25) is 9.78 Å². The van der Waals surface area contributed by atoms with Crippen molar-refractivity contribution in [2.75, 3.05) is 0 Å². The fourth-order valence-electron chi connectivity index (χ4n) is 1.47. The van der Waals surface area contributed by atoms with Gasteiger partial charge < -0.3 is 0 Å². The van der Waals surface area contributed by atoms with Crippen molar-refractivity contribution in [1.29, 1.82) is 0 Å². The molecule has 0 saturated carbocycles. The lowest BCUT2D eigenvalue weighted by atomic mass is 10.1. The molecule has 0 unspecified atom stereocenters. The van der Waals surface area contributed by atoms with Crippen molar-refractivity contribution in [3.8, 4) is 11.8 Å². The van der Waals surface area contributed by atoms with E-state index in [1.807, 2.05) is 0 Å². The zero-order valence-corrected chi connectivity index (χ0v) is 11.7. The van der Waals surface area contributed by atoms with E-state index >= 15 is 0 Å². The fourth-order valence-corrected chi connectivity index (χ4v) is 1.70. The highest BCUT2D eigenvalue weighted by atomic mass is 79.9. The van der Waals surface area contributed by atoms with E-state index < -0.39 is 23.0 Å². The van der Waals surface area contributed by atoms with E-state index in [9.17, 15) is 13.6 Å². The maximum absolute atomic E-state index is 13.3. The zero-order chi connectivity index (χ0) is 14.5. The summed E-state index contributed by atoms with van der Waals surface area (Å²) in [5, 5.41) is 0. The lowest BCUT2D eigenvalue weighted by molar-refractivity contribution is -0.113. The highest BCUT2D eigenvalue weighted by Gasteiger charge is 2.06. The summed E-state index contributed by atoms with van der Waals surface area (Å²) in [5.74, 6) is 2.42. The number of aromatic nitrogens is 1. The van der Waals surface area contributed by atoms with E-state index in [0.717, 1.165) is 16.6 Å². The number of hydrogen-bond donors (Lipinski definition) is 0. The summed E-state index contributed by atoms with van der Waals surface area (Å²) in [5.41, 5.74) is 0.145. The smallest absolute Gasteiger partial charge is 0.211 e. The number of carbonyl (C=O) groups is 1. The molecule has 0 radical (unpaired) electrons. The SMILES string of the molecule is O=C(C#Cc1c(F)cccc1F)Cc1ccc(Br)cn1. The van der Waals surface area contributed by atoms with Gasteiger partial charge in [-0.15, -0.1) is 0 Å². The van der Waals surface area contributed by atoms with E-state index in [0.29, 0.717) is 5.69 Å². The standard InChI is InChI=1S/C15H8BrF2NO/c16-10-4-5-11(19-9-10)8-12(20)6-7-13-14(17)2-1-3-15(13)18/h1-5,9H,8H2. The molecule has 0 amide bonds. The van der Waals surface area contributed by atoms with Gasteiger partial charge in [0.15, 0.2) is 0 Å². The Morgan fingerprint density at radius 3 is 2.50 bits per heavy atom. The number of carbonyl (C=O) groups excluding carboxylic acids is 1. The monoisotopic (exact) mass is 335 g/mol. The molecule has 1 heterocycles. The van der Waals surface area contributed by atoms with Gasteiger partial charge in [0.1, 0.15) is 11.6 Å². The first-order valence-corrected chi connectivity index (χ1v) is 6.45. The molecule has 20 heavy (non-hydrogen) atoms. The average Bonchev–Trinajstić information content (AvgIpc) is 2.41. The molecule has 2 rings (SSSR count). The van der Waals surface area contributed by atoms with Gasteiger partial charge in [0.25, 0.3) is 0 Å². The van der Waals surface area contributed by atoms with Gasteiger partial charge >= 0.3 is 0 Å². The predicted molar refractivity (Wildman–Crippen MR) is 73.9 cm³/mol. The van der Waals surface area contributed by atoms with Crippen molar-refractivity contribution in [3.05, 3.63) is 63.9 Å². The zero-order valence-electron chi connectivity index (χ0n) is 10.2. The Kier molecular flexibility index (Phi) is 4.59. The first kappa shape index (κ1) is 14.4. The Balaban J connectivity index is 2.13. The van der Waals surface area contributed by atoms with Crippen molar-refractivity contribution in [2.45, 2.75) is 6.42 Å². The maximum atomic E-state index is 13.3. The molecular weight excluding hydrogens is 328 g/mol. The van der Waals surface area contributed by atoms with Gasteiger partial charge in [0.2, 0.25) is 5.78 Å². The lowest BCUT2D eigenvalue weighted by Crippen LogP contribution is -2.01. The number of halogens is 3. The van der Waals surface area contributed by atoms with Crippen LogP contribution in [0.2, 0.25) is 0 Å². The highest BCUT2D eigenvalue weighted by molar-refractivity contribution is 9.10. The van der Waals surface area contributed by atoms with Crippen LogP contribution in [0.15, 0.2) is 41.0 Å². The summed E-state index contributed by atoms with van der Waals surface area (Å²) in [6.45, 7) is 0. The second kappa shape index (κ2) is 6.40. The third-order valence-electron chi connectivity index (χ3n) is 2.42. The molecule has 1 aromatic carbocycles. The van der Waals surface area contributed by atoms with Crippen molar-refractivity contribution in [1.82, 2.24) is 4.98 Å². The first-order chi connectivity index (χ1) is 9.56. The minimum atomic E-state index is -0.785. The molecule has 0 atom stereocenters. The van der Waals surface area contributed by atoms with Crippen LogP contribution in [-0.2, 0) is 11.2 Å². The highest BCUT2D eigenvalue weighted by Crippen LogP contribution is 2.10. The normalized spacial score (nSPS) is 9.75. The fraction of sp³-hybridized carbons (Fsp3) is 0.0667. The summed E-state index contributed by atoms with van der Waals surface area (Å²) in [6.07, 6.45) is 1.56. The number of nitrogens with zero attached hydrogens (tertiary/aromatic N) is 1. The number of benzene rings is 1. The van der Waals surface area contributed by atoms with Gasteiger partial charge in [-0.05, 0) is 46.1 Å². The molecule has 0 N–H and O–H groups in total. The summed E-state index contributed by atoms with van der Waals surface area (Å²) < 4.78 is 27.4. The Morgan fingerprint density at radius 1 is 1.20 bits per heavy atom. The Labute approximate surface area is 123 Å². The van der Waals surface area contributed by atoms with Crippen LogP contribution in [0.5, 0.6) is 0 Å². The minimum Gasteiger partial charge on any atom is -0.284 e. The second-order valence-corrected chi connectivity index (χ2v) is 4.83. The summed E-state index contributed by atoms with van der Waals surface area (Å²) in [4.78, 5) is 15.6. The minimum absolute atomic E-state index is 0.00362. The van der Waals surface area contributed by atoms with Crippen LogP contribution >= 0.6 is 15.9 Å². The second-order valence-electron chi connectivity index (χ2n) is 3.91. The largest absolute Gasteiger partial charge is 0.284 e. The molecule has 0 aliphatic heterocycles. The molecule has 0 aliphatic carbocycles. The van der Waals surface area contributed by atoms with Gasteiger partial charge in [0.05, 0.1) is 12.0 Å². The van der Waals surface area contributed by atoms with Gasteiger partial charge in [-0.2, -0.15) is 0 Å². The lowest BCUT2D eigenvalue weighted by Gasteiger charge is -1.96. The number of ketones is 1. The van der Waals surface area contributed by atoms with Crippen LogP contribution in [-0.4, -0.2) is 10.8 Å². The molecule has 0 spiro atoms. The van der Waals surface area contributed by atoms with Crippen LogP contribution in [0.1, 0.15) is 11.3 Å². The number of pyridine rings is 1. The van der Waals surface area contributed by atoms with Crippen molar-refractivity contribution in [3.63, 3.8) is 0 Å². The molecule has 0 saturated heterocycles. The predicted octanol–water partition coefficient (Wildman–Crippen LogP) is 3.29. The molecule has 0 fully saturated rings. The van der Waals surface area contributed by atoms with Crippen molar-refractivity contribution < 1.29 is 13.6 Å². The van der Waals surface area contributed by atoms with E-state index in [4.69, 9.17) is 0 Å². The quantitative estimate of drug-likeness (QED) is 0.788. The van der Waals surface area contributed by atoms with Crippen LogP contribution in [0, 0.1) is 23.5 Å². The number of Topliss-reactive ketones (excluding diaryl/α,β-unsaturated/α-hetero) is 1. The molecule has 100 valence electrons. The summed E-state index contributed by atoms with van der Waals surface area (Å²) in [6, 6.07) is 6.85. The topological polar surface area (TPSA) is 30.0 Å². The first-order valence-electron chi connectivity index (χ1n) is 5.65. The average molecular weight is 336 g/mol. The Morgan fingerprint density at radius 2 is 1.90 bits per heavy atom. The third kappa shape index (κ3) is 3.72. The number of rotatable bonds is 2. The van der Waals surface area contributed by atoms with Gasteiger partial charge in [-0.1, -0.05) is 12.0 Å². The molecule has 2 nitrogen and oxygen atoms in total. The third-order valence-corrected chi connectivity index (χ3v) is 2.89. The van der Waals surface area contributed by atoms with Crippen LogP contribution in [0.25, 0.3) is 0 Å². The number of hydrogen-bond acceptors (Lipinski definition) is 2. The Bertz CT molecular complexity index is 682. The van der Waals surface area contributed by atoms with E-state index in [2.05, 4.69) is 32.8 Å². The van der Waals surface area contributed by atoms with Crippen LogP contribution in [0.3, 0.4) is 0 Å². The van der Waals surface area contributed by atoms with E-state index in [-0.39, 0.29) is 6.42 Å². The van der Waals surface area contributed by atoms with E-state index in [1.165, 1.54) is 6.07 Å². The molecule has 2 aromatic rings. The Hall–Kier alpha value is -2.06.